The smallest absolute Gasteiger partial charge is 0.328 e. The van der Waals surface area contributed by atoms with Gasteiger partial charge in [-0.3, -0.25) is 4.79 Å². The second-order valence-corrected chi connectivity index (χ2v) is 4.67. The molecule has 0 spiro atoms. The topological polar surface area (TPSA) is 71.3 Å². The Hall–Kier alpha value is -2.82. The Morgan fingerprint density at radius 3 is 2.33 bits per heavy atom. The first-order chi connectivity index (χ1) is 9.97. The minimum atomic E-state index is -0.994. The van der Waals surface area contributed by atoms with Gasteiger partial charge in [0.2, 0.25) is 0 Å². The Morgan fingerprint density at radius 2 is 1.81 bits per heavy atom. The predicted octanol–water partition coefficient (Wildman–Crippen LogP) is 2.68. The third kappa shape index (κ3) is 3.60. The van der Waals surface area contributed by atoms with Crippen LogP contribution in [0.1, 0.15) is 21.7 Å². The number of nitrogens with zero attached hydrogens (tertiary/aromatic N) is 1. The van der Waals surface area contributed by atoms with Crippen molar-refractivity contribution in [2.75, 3.05) is 5.32 Å². The van der Waals surface area contributed by atoms with E-state index in [-0.39, 0.29) is 5.91 Å². The number of carbonyl (C=O) groups is 2. The molecule has 21 heavy (non-hydrogen) atoms. The lowest BCUT2D eigenvalue weighted by molar-refractivity contribution is -0.131. The van der Waals surface area contributed by atoms with E-state index >= 15 is 0 Å². The number of aryl methyl sites for hydroxylation is 1. The molecule has 0 fully saturated rings. The highest BCUT2D eigenvalue weighted by Gasteiger charge is 2.10. The van der Waals surface area contributed by atoms with Crippen LogP contribution in [0.2, 0.25) is 0 Å². The first-order valence-electron chi connectivity index (χ1n) is 6.42. The van der Waals surface area contributed by atoms with Gasteiger partial charge < -0.3 is 15.0 Å². The predicted molar refractivity (Wildman–Crippen MR) is 81.2 cm³/mol. The number of carboxylic acid groups (broad SMARTS) is 1. The monoisotopic (exact) mass is 284 g/mol. The summed E-state index contributed by atoms with van der Waals surface area (Å²) < 4.78 is 1.82. The Labute approximate surface area is 122 Å². The molecule has 0 aliphatic carbocycles. The van der Waals surface area contributed by atoms with Crippen molar-refractivity contribution in [1.82, 2.24) is 4.57 Å². The van der Waals surface area contributed by atoms with Crippen molar-refractivity contribution in [3.8, 4) is 0 Å². The van der Waals surface area contributed by atoms with Gasteiger partial charge in [-0.05, 0) is 42.8 Å². The van der Waals surface area contributed by atoms with Crippen LogP contribution in [0, 0.1) is 6.92 Å². The number of amides is 1. The summed E-state index contributed by atoms with van der Waals surface area (Å²) in [5.74, 6) is -1.18. The highest BCUT2D eigenvalue weighted by Crippen LogP contribution is 2.13. The van der Waals surface area contributed by atoms with Gasteiger partial charge in [-0.15, -0.1) is 0 Å². The van der Waals surface area contributed by atoms with Crippen molar-refractivity contribution < 1.29 is 14.7 Å². The molecule has 2 N–H and O–H groups in total. The Morgan fingerprint density at radius 1 is 1.14 bits per heavy atom. The number of anilines is 1. The molecule has 2 rings (SSSR count). The van der Waals surface area contributed by atoms with Gasteiger partial charge in [0, 0.05) is 24.5 Å². The summed E-state index contributed by atoms with van der Waals surface area (Å²) in [4.78, 5) is 22.6. The van der Waals surface area contributed by atoms with E-state index in [1.807, 2.05) is 24.6 Å². The van der Waals surface area contributed by atoms with Crippen LogP contribution in [0.3, 0.4) is 0 Å². The van der Waals surface area contributed by atoms with Crippen molar-refractivity contribution in [1.29, 1.82) is 0 Å². The van der Waals surface area contributed by atoms with Crippen LogP contribution < -0.4 is 5.32 Å². The lowest BCUT2D eigenvalue weighted by atomic mass is 10.2. The maximum absolute atomic E-state index is 12.1. The average molecular weight is 284 g/mol. The molecular formula is C16H16N2O3. The number of benzene rings is 1. The lowest BCUT2D eigenvalue weighted by Gasteiger charge is -2.07. The van der Waals surface area contributed by atoms with E-state index in [9.17, 15) is 9.59 Å². The summed E-state index contributed by atoms with van der Waals surface area (Å²) >= 11 is 0. The third-order valence-electron chi connectivity index (χ3n) is 3.19. The van der Waals surface area contributed by atoms with E-state index in [0.29, 0.717) is 11.4 Å². The van der Waals surface area contributed by atoms with Gasteiger partial charge in [-0.25, -0.2) is 4.79 Å². The van der Waals surface area contributed by atoms with Gasteiger partial charge in [0.1, 0.15) is 5.69 Å². The van der Waals surface area contributed by atoms with Crippen LogP contribution in [-0.4, -0.2) is 21.6 Å². The van der Waals surface area contributed by atoms with E-state index in [1.54, 1.807) is 30.3 Å². The quantitative estimate of drug-likeness (QED) is 0.848. The number of carboxylic acids is 1. The van der Waals surface area contributed by atoms with Crippen LogP contribution in [0.25, 0.3) is 6.08 Å². The molecule has 0 unspecified atom stereocenters. The Balaban J connectivity index is 2.08. The zero-order valence-electron chi connectivity index (χ0n) is 11.8. The van der Waals surface area contributed by atoms with E-state index in [0.717, 1.165) is 17.3 Å². The van der Waals surface area contributed by atoms with Gasteiger partial charge in [-0.2, -0.15) is 0 Å². The molecule has 108 valence electrons. The molecule has 0 radical (unpaired) electrons. The van der Waals surface area contributed by atoms with Crippen LogP contribution >= 0.6 is 0 Å². The second kappa shape index (κ2) is 6.09. The molecule has 0 saturated heterocycles. The average Bonchev–Trinajstić information content (AvgIpc) is 2.78. The number of hydrogen-bond donors (Lipinski definition) is 2. The summed E-state index contributed by atoms with van der Waals surface area (Å²) in [6.45, 7) is 1.93. The van der Waals surface area contributed by atoms with Gasteiger partial charge in [-0.1, -0.05) is 12.1 Å². The minimum Gasteiger partial charge on any atom is -0.478 e. The highest BCUT2D eigenvalue weighted by atomic mass is 16.4. The second-order valence-electron chi connectivity index (χ2n) is 4.67. The van der Waals surface area contributed by atoms with E-state index in [4.69, 9.17) is 5.11 Å². The maximum atomic E-state index is 12.1. The fourth-order valence-electron chi connectivity index (χ4n) is 1.88. The fraction of sp³-hybridized carbons (Fsp3) is 0.125. The van der Waals surface area contributed by atoms with E-state index < -0.39 is 5.97 Å². The molecule has 2 aromatic rings. The molecule has 1 amide bonds. The van der Waals surface area contributed by atoms with Gasteiger partial charge >= 0.3 is 5.97 Å². The third-order valence-corrected chi connectivity index (χ3v) is 3.19. The first kappa shape index (κ1) is 14.6. The van der Waals surface area contributed by atoms with Crippen molar-refractivity contribution in [3.05, 3.63) is 59.4 Å². The molecule has 1 aromatic heterocycles. The molecule has 0 atom stereocenters. The molecule has 0 saturated carbocycles. The van der Waals surface area contributed by atoms with Crippen molar-refractivity contribution >= 4 is 23.6 Å². The summed E-state index contributed by atoms with van der Waals surface area (Å²) in [5, 5.41) is 11.4. The zero-order chi connectivity index (χ0) is 15.4. The fourth-order valence-corrected chi connectivity index (χ4v) is 1.88. The molecule has 5 nitrogen and oxygen atoms in total. The highest BCUT2D eigenvalue weighted by molar-refractivity contribution is 6.03. The van der Waals surface area contributed by atoms with Crippen molar-refractivity contribution in [3.63, 3.8) is 0 Å². The summed E-state index contributed by atoms with van der Waals surface area (Å²) in [7, 11) is 1.84. The van der Waals surface area contributed by atoms with Crippen molar-refractivity contribution in [2.45, 2.75) is 6.92 Å². The largest absolute Gasteiger partial charge is 0.478 e. The molecule has 0 bridgehead atoms. The summed E-state index contributed by atoms with van der Waals surface area (Å²) in [5.41, 5.74) is 3.01. The maximum Gasteiger partial charge on any atom is 0.328 e. The van der Waals surface area contributed by atoms with Crippen LogP contribution in [-0.2, 0) is 11.8 Å². The first-order valence-corrected chi connectivity index (χ1v) is 6.42. The van der Waals surface area contributed by atoms with E-state index in [1.165, 1.54) is 6.08 Å². The molecule has 0 aliphatic heterocycles. The number of hydrogen-bond acceptors (Lipinski definition) is 2. The lowest BCUT2D eigenvalue weighted by Crippen LogP contribution is -2.15. The van der Waals surface area contributed by atoms with Gasteiger partial charge in [0.15, 0.2) is 0 Å². The number of rotatable bonds is 4. The normalized spacial score (nSPS) is 10.8. The molecule has 0 aliphatic rings. The van der Waals surface area contributed by atoms with Crippen LogP contribution in [0.4, 0.5) is 5.69 Å². The summed E-state index contributed by atoms with van der Waals surface area (Å²) in [6.07, 6.45) is 2.56. The molecular weight excluding hydrogens is 268 g/mol. The SMILES string of the molecule is Cc1ccc(C(=O)Nc2ccc(/C=C/C(=O)O)cc2)n1C. The molecule has 1 aromatic carbocycles. The molecule has 1 heterocycles. The van der Waals surface area contributed by atoms with Crippen LogP contribution in [0.5, 0.6) is 0 Å². The van der Waals surface area contributed by atoms with Crippen molar-refractivity contribution in [2.24, 2.45) is 7.05 Å². The van der Waals surface area contributed by atoms with E-state index in [2.05, 4.69) is 5.32 Å². The Bertz CT molecular complexity index is 697. The van der Waals surface area contributed by atoms with Crippen LogP contribution in [0.15, 0.2) is 42.5 Å². The minimum absolute atomic E-state index is 0.181. The molecule has 5 heteroatoms. The van der Waals surface area contributed by atoms with Gasteiger partial charge in [0.25, 0.3) is 5.91 Å². The summed E-state index contributed by atoms with van der Waals surface area (Å²) in [6, 6.07) is 10.6. The Kier molecular flexibility index (Phi) is 4.23. The standard InChI is InChI=1S/C16H16N2O3/c1-11-3-9-14(18(11)2)16(21)17-13-7-4-12(5-8-13)6-10-15(19)20/h3-10H,1-2H3,(H,17,21)(H,19,20)/b10-6+. The zero-order valence-corrected chi connectivity index (χ0v) is 11.8. The number of nitrogens with one attached hydrogen (secondary N) is 1. The number of aliphatic carboxylic acids is 1. The number of aromatic nitrogens is 1. The van der Waals surface area contributed by atoms with Gasteiger partial charge in [0.05, 0.1) is 0 Å². The number of carbonyl (C=O) groups excluding carboxylic acids is 1.